The summed E-state index contributed by atoms with van der Waals surface area (Å²) in [4.78, 5) is 15.2. The van der Waals surface area contributed by atoms with Gasteiger partial charge in [-0.15, -0.1) is 0 Å². The fraction of sp³-hybridized carbons (Fsp3) is 0.538. The summed E-state index contributed by atoms with van der Waals surface area (Å²) >= 11 is 0. The molecule has 0 spiro atoms. The standard InChI is InChI=1S/C13H17F3N2O/c1-8(12-10(15)6-9(14)7-17-12)18-11(19)4-5-13(2,3)16/h6-8H,4-5H2,1-3H3,(H,18,19). The number of nitrogens with zero attached hydrogens (tertiary/aromatic N) is 1. The Hall–Kier alpha value is -1.59. The number of carbonyl (C=O) groups is 1. The number of rotatable bonds is 5. The van der Waals surface area contributed by atoms with Gasteiger partial charge in [0.2, 0.25) is 5.91 Å². The van der Waals surface area contributed by atoms with Crippen LogP contribution in [0.4, 0.5) is 13.2 Å². The van der Waals surface area contributed by atoms with E-state index in [4.69, 9.17) is 0 Å². The van der Waals surface area contributed by atoms with Gasteiger partial charge < -0.3 is 5.32 Å². The molecule has 1 aromatic heterocycles. The van der Waals surface area contributed by atoms with Crippen molar-refractivity contribution >= 4 is 5.91 Å². The highest BCUT2D eigenvalue weighted by atomic mass is 19.1. The average Bonchev–Trinajstić information content (AvgIpc) is 2.25. The van der Waals surface area contributed by atoms with Crippen LogP contribution in [0.15, 0.2) is 12.3 Å². The number of pyridine rings is 1. The first-order valence-corrected chi connectivity index (χ1v) is 5.98. The Kier molecular flexibility index (Phi) is 4.91. The monoisotopic (exact) mass is 274 g/mol. The Balaban J connectivity index is 2.59. The highest BCUT2D eigenvalue weighted by Gasteiger charge is 2.20. The largest absolute Gasteiger partial charge is 0.348 e. The highest BCUT2D eigenvalue weighted by molar-refractivity contribution is 5.76. The van der Waals surface area contributed by atoms with Crippen molar-refractivity contribution in [1.29, 1.82) is 0 Å². The van der Waals surface area contributed by atoms with Crippen LogP contribution >= 0.6 is 0 Å². The molecule has 1 heterocycles. The molecule has 1 unspecified atom stereocenters. The van der Waals surface area contributed by atoms with Gasteiger partial charge in [0, 0.05) is 12.5 Å². The minimum atomic E-state index is -1.43. The molecule has 0 aromatic carbocycles. The van der Waals surface area contributed by atoms with Crippen LogP contribution in [-0.2, 0) is 4.79 Å². The predicted octanol–water partition coefficient (Wildman–Crippen LogP) is 3.07. The maximum Gasteiger partial charge on any atom is 0.220 e. The summed E-state index contributed by atoms with van der Waals surface area (Å²) in [5.41, 5.74) is -1.48. The molecule has 3 nitrogen and oxygen atoms in total. The van der Waals surface area contributed by atoms with E-state index in [9.17, 15) is 18.0 Å². The van der Waals surface area contributed by atoms with Crippen molar-refractivity contribution in [3.63, 3.8) is 0 Å². The number of hydrogen-bond donors (Lipinski definition) is 1. The second kappa shape index (κ2) is 6.04. The number of halogens is 3. The second-order valence-electron chi connectivity index (χ2n) is 5.03. The van der Waals surface area contributed by atoms with Crippen molar-refractivity contribution in [1.82, 2.24) is 10.3 Å². The molecular formula is C13H17F3N2O. The van der Waals surface area contributed by atoms with E-state index in [-0.39, 0.29) is 18.5 Å². The lowest BCUT2D eigenvalue weighted by atomic mass is 10.0. The summed E-state index contributed by atoms with van der Waals surface area (Å²) in [6.45, 7) is 4.29. The van der Waals surface area contributed by atoms with Gasteiger partial charge in [-0.3, -0.25) is 9.78 Å². The summed E-state index contributed by atoms with van der Waals surface area (Å²) in [7, 11) is 0. The predicted molar refractivity (Wildman–Crippen MR) is 65.1 cm³/mol. The van der Waals surface area contributed by atoms with Gasteiger partial charge >= 0.3 is 0 Å². The van der Waals surface area contributed by atoms with E-state index < -0.39 is 29.3 Å². The molecule has 6 heteroatoms. The van der Waals surface area contributed by atoms with Gasteiger partial charge in [-0.05, 0) is 27.2 Å². The van der Waals surface area contributed by atoms with Gasteiger partial charge in [0.05, 0.1) is 17.9 Å². The second-order valence-corrected chi connectivity index (χ2v) is 5.03. The van der Waals surface area contributed by atoms with Crippen LogP contribution in [0.2, 0.25) is 0 Å². The summed E-state index contributed by atoms with van der Waals surface area (Å²) in [6, 6.07) is 0.00572. The lowest BCUT2D eigenvalue weighted by Gasteiger charge is -2.16. The molecule has 0 aliphatic heterocycles. The molecule has 0 bridgehead atoms. The Morgan fingerprint density at radius 2 is 2.11 bits per heavy atom. The van der Waals surface area contributed by atoms with Crippen LogP contribution in [-0.4, -0.2) is 16.6 Å². The lowest BCUT2D eigenvalue weighted by Crippen LogP contribution is -2.29. The zero-order chi connectivity index (χ0) is 14.6. The normalized spacial score (nSPS) is 13.2. The number of alkyl halides is 1. The van der Waals surface area contributed by atoms with Gasteiger partial charge in [-0.25, -0.2) is 13.2 Å². The first-order chi connectivity index (χ1) is 8.69. The molecule has 1 atom stereocenters. The first kappa shape index (κ1) is 15.5. The number of amides is 1. The van der Waals surface area contributed by atoms with E-state index in [1.165, 1.54) is 20.8 Å². The summed E-state index contributed by atoms with van der Waals surface area (Å²) < 4.78 is 39.3. The SMILES string of the molecule is CC(NC(=O)CCC(C)(C)F)c1ncc(F)cc1F. The summed E-state index contributed by atoms with van der Waals surface area (Å²) in [5.74, 6) is -2.00. The van der Waals surface area contributed by atoms with E-state index >= 15 is 0 Å². The quantitative estimate of drug-likeness (QED) is 0.896. The maximum absolute atomic E-state index is 13.4. The minimum Gasteiger partial charge on any atom is -0.348 e. The number of hydrogen-bond acceptors (Lipinski definition) is 2. The van der Waals surface area contributed by atoms with Crippen LogP contribution in [0.3, 0.4) is 0 Å². The topological polar surface area (TPSA) is 42.0 Å². The number of aromatic nitrogens is 1. The molecule has 0 aliphatic rings. The molecule has 19 heavy (non-hydrogen) atoms. The molecular weight excluding hydrogens is 257 g/mol. The van der Waals surface area contributed by atoms with E-state index in [0.717, 1.165) is 6.20 Å². The Morgan fingerprint density at radius 3 is 2.63 bits per heavy atom. The minimum absolute atomic E-state index is 0.00332. The van der Waals surface area contributed by atoms with E-state index in [1.54, 1.807) is 0 Å². The van der Waals surface area contributed by atoms with Crippen LogP contribution in [0, 0.1) is 11.6 Å². The Morgan fingerprint density at radius 1 is 1.47 bits per heavy atom. The van der Waals surface area contributed by atoms with Crippen LogP contribution in [0.25, 0.3) is 0 Å². The van der Waals surface area contributed by atoms with Crippen LogP contribution < -0.4 is 5.32 Å². The van der Waals surface area contributed by atoms with Crippen molar-refractivity contribution in [2.75, 3.05) is 0 Å². The summed E-state index contributed by atoms with van der Waals surface area (Å²) in [5, 5.41) is 2.50. The van der Waals surface area contributed by atoms with Crippen molar-refractivity contribution < 1.29 is 18.0 Å². The smallest absolute Gasteiger partial charge is 0.220 e. The van der Waals surface area contributed by atoms with E-state index in [0.29, 0.717) is 6.07 Å². The zero-order valence-electron chi connectivity index (χ0n) is 11.1. The maximum atomic E-state index is 13.4. The number of nitrogens with one attached hydrogen (secondary N) is 1. The highest BCUT2D eigenvalue weighted by Crippen LogP contribution is 2.18. The Labute approximate surface area is 110 Å². The van der Waals surface area contributed by atoms with Crippen LogP contribution in [0.5, 0.6) is 0 Å². The van der Waals surface area contributed by atoms with Gasteiger partial charge in [-0.1, -0.05) is 0 Å². The molecule has 1 N–H and O–H groups in total. The first-order valence-electron chi connectivity index (χ1n) is 5.98. The van der Waals surface area contributed by atoms with Gasteiger partial charge in [0.15, 0.2) is 0 Å². The number of carbonyl (C=O) groups excluding carboxylic acids is 1. The summed E-state index contributed by atoms with van der Waals surface area (Å²) in [6.07, 6.45) is 0.952. The Bertz CT molecular complexity index is 458. The molecule has 1 rings (SSSR count). The third-order valence-electron chi connectivity index (χ3n) is 2.57. The lowest BCUT2D eigenvalue weighted by molar-refractivity contribution is -0.122. The third-order valence-corrected chi connectivity index (χ3v) is 2.57. The zero-order valence-corrected chi connectivity index (χ0v) is 11.1. The van der Waals surface area contributed by atoms with E-state index in [1.807, 2.05) is 0 Å². The molecule has 0 radical (unpaired) electrons. The molecule has 0 aliphatic carbocycles. The van der Waals surface area contributed by atoms with Crippen molar-refractivity contribution in [2.45, 2.75) is 45.3 Å². The van der Waals surface area contributed by atoms with Gasteiger partial charge in [0.25, 0.3) is 0 Å². The van der Waals surface area contributed by atoms with Crippen LogP contribution in [0.1, 0.15) is 45.3 Å². The fourth-order valence-corrected chi connectivity index (χ4v) is 1.54. The third kappa shape index (κ3) is 5.28. The fourth-order valence-electron chi connectivity index (χ4n) is 1.54. The molecule has 106 valence electrons. The average molecular weight is 274 g/mol. The molecule has 0 fully saturated rings. The van der Waals surface area contributed by atoms with Crippen molar-refractivity contribution in [2.24, 2.45) is 0 Å². The van der Waals surface area contributed by atoms with Crippen molar-refractivity contribution in [3.8, 4) is 0 Å². The van der Waals surface area contributed by atoms with Gasteiger partial charge in [-0.2, -0.15) is 0 Å². The molecule has 1 aromatic rings. The molecule has 0 saturated carbocycles. The molecule has 1 amide bonds. The van der Waals surface area contributed by atoms with Crippen molar-refractivity contribution in [3.05, 3.63) is 29.6 Å². The van der Waals surface area contributed by atoms with Gasteiger partial charge in [0.1, 0.15) is 17.3 Å². The van der Waals surface area contributed by atoms with E-state index in [2.05, 4.69) is 10.3 Å². The molecule has 0 saturated heterocycles.